The van der Waals surface area contributed by atoms with E-state index < -0.39 is 12.1 Å². The van der Waals surface area contributed by atoms with E-state index in [1.165, 1.54) is 6.07 Å². The number of carbonyl (C=O) groups excluding carboxylic acids is 1. The number of benzene rings is 1. The summed E-state index contributed by atoms with van der Waals surface area (Å²) in [6.07, 6.45) is -4.92. The van der Waals surface area contributed by atoms with Gasteiger partial charge in [0.1, 0.15) is 5.82 Å². The molecule has 21 heavy (non-hydrogen) atoms. The number of fused-ring (bicyclic) bond motifs is 1. The Kier molecular flexibility index (Phi) is 3.76. The Balaban J connectivity index is 2.64. The molecule has 2 aromatic rings. The van der Waals surface area contributed by atoms with Crippen LogP contribution in [0.25, 0.3) is 10.9 Å². The van der Waals surface area contributed by atoms with Crippen LogP contribution in [0.2, 0.25) is 0 Å². The maximum atomic E-state index is 12.6. The van der Waals surface area contributed by atoms with Crippen LogP contribution >= 0.6 is 0 Å². The molecule has 0 saturated carbocycles. The van der Waals surface area contributed by atoms with Crippen molar-refractivity contribution in [3.8, 4) is 0 Å². The zero-order chi connectivity index (χ0) is 15.8. The lowest BCUT2D eigenvalue weighted by Crippen LogP contribution is -2.38. The molecule has 0 aliphatic carbocycles. The third-order valence-corrected chi connectivity index (χ3v) is 3.05. The second-order valence-electron chi connectivity index (χ2n) is 4.77. The molecule has 0 bridgehead atoms. The molecule has 0 unspecified atom stereocenters. The van der Waals surface area contributed by atoms with E-state index in [-0.39, 0.29) is 5.69 Å². The Morgan fingerprint density at radius 3 is 2.33 bits per heavy atom. The van der Waals surface area contributed by atoms with Crippen molar-refractivity contribution in [3.05, 3.63) is 30.3 Å². The number of pyridine rings is 1. The Morgan fingerprint density at radius 2 is 1.76 bits per heavy atom. The van der Waals surface area contributed by atoms with Gasteiger partial charge in [-0.1, -0.05) is 18.2 Å². The molecule has 112 valence electrons. The van der Waals surface area contributed by atoms with Crippen molar-refractivity contribution in [2.75, 3.05) is 30.9 Å². The maximum Gasteiger partial charge on any atom is 0.471 e. The second-order valence-corrected chi connectivity index (χ2v) is 4.77. The highest BCUT2D eigenvalue weighted by atomic mass is 19.4. The van der Waals surface area contributed by atoms with E-state index in [0.29, 0.717) is 21.6 Å². The zero-order valence-corrected chi connectivity index (χ0v) is 11.8. The Morgan fingerprint density at radius 1 is 1.14 bits per heavy atom. The van der Waals surface area contributed by atoms with Gasteiger partial charge in [-0.2, -0.15) is 13.2 Å². The van der Waals surface area contributed by atoms with E-state index in [2.05, 4.69) is 4.98 Å². The molecule has 0 atom stereocenters. The summed E-state index contributed by atoms with van der Waals surface area (Å²) in [5, 5.41) is 0.489. The topological polar surface area (TPSA) is 36.4 Å². The van der Waals surface area contributed by atoms with Crippen LogP contribution in [0.5, 0.6) is 0 Å². The van der Waals surface area contributed by atoms with Crippen LogP contribution in [0.15, 0.2) is 30.3 Å². The minimum Gasteiger partial charge on any atom is -0.363 e. The number of para-hydroxylation sites is 1. The van der Waals surface area contributed by atoms with Gasteiger partial charge in [0.2, 0.25) is 0 Å². The molecule has 2 rings (SSSR count). The third-order valence-electron chi connectivity index (χ3n) is 3.05. The van der Waals surface area contributed by atoms with Gasteiger partial charge in [0, 0.05) is 32.6 Å². The summed E-state index contributed by atoms with van der Waals surface area (Å²) in [4.78, 5) is 18.1. The fraction of sp³-hybridized carbons (Fsp3) is 0.286. The highest BCUT2D eigenvalue weighted by Crippen LogP contribution is 2.31. The molecule has 4 nitrogen and oxygen atoms in total. The van der Waals surface area contributed by atoms with Gasteiger partial charge in [0.15, 0.2) is 0 Å². The minimum absolute atomic E-state index is 0.173. The number of nitrogens with zero attached hydrogens (tertiary/aromatic N) is 3. The number of hydrogen-bond donors (Lipinski definition) is 0. The predicted octanol–water partition coefficient (Wildman–Crippen LogP) is 2.83. The molecule has 0 aliphatic heterocycles. The van der Waals surface area contributed by atoms with Crippen molar-refractivity contribution in [2.45, 2.75) is 6.18 Å². The molecule has 0 fully saturated rings. The van der Waals surface area contributed by atoms with Crippen molar-refractivity contribution >= 4 is 28.3 Å². The van der Waals surface area contributed by atoms with Crippen molar-refractivity contribution in [3.63, 3.8) is 0 Å². The fourth-order valence-electron chi connectivity index (χ4n) is 1.95. The molecule has 0 radical (unpaired) electrons. The number of halogens is 3. The fourth-order valence-corrected chi connectivity index (χ4v) is 1.95. The van der Waals surface area contributed by atoms with Gasteiger partial charge in [-0.3, -0.25) is 4.79 Å². The number of alkyl halides is 3. The van der Waals surface area contributed by atoms with Gasteiger partial charge in [0.25, 0.3) is 0 Å². The predicted molar refractivity (Wildman–Crippen MR) is 75.5 cm³/mol. The third kappa shape index (κ3) is 2.91. The molecule has 0 aliphatic rings. The quantitative estimate of drug-likeness (QED) is 0.855. The first-order chi connectivity index (χ1) is 9.71. The van der Waals surface area contributed by atoms with Gasteiger partial charge in [-0.25, -0.2) is 4.98 Å². The van der Waals surface area contributed by atoms with Gasteiger partial charge < -0.3 is 9.80 Å². The lowest BCUT2D eigenvalue weighted by molar-refractivity contribution is -0.170. The second kappa shape index (κ2) is 5.23. The van der Waals surface area contributed by atoms with Gasteiger partial charge in [-0.15, -0.1) is 0 Å². The molecule has 1 aromatic carbocycles. The average molecular weight is 297 g/mol. The molecule has 1 heterocycles. The summed E-state index contributed by atoms with van der Waals surface area (Å²) in [5.74, 6) is -1.44. The van der Waals surface area contributed by atoms with Crippen LogP contribution in [-0.2, 0) is 4.79 Å². The lowest BCUT2D eigenvalue weighted by Gasteiger charge is -2.22. The van der Waals surface area contributed by atoms with E-state index in [0.717, 1.165) is 7.05 Å². The Hall–Kier alpha value is -2.31. The molecule has 7 heteroatoms. The number of amides is 1. The number of hydrogen-bond acceptors (Lipinski definition) is 3. The monoisotopic (exact) mass is 297 g/mol. The number of anilines is 2. The van der Waals surface area contributed by atoms with E-state index >= 15 is 0 Å². The average Bonchev–Trinajstić information content (AvgIpc) is 2.43. The lowest BCUT2D eigenvalue weighted by atomic mass is 10.1. The number of aromatic nitrogens is 1. The van der Waals surface area contributed by atoms with Crippen LogP contribution in [0, 0.1) is 0 Å². The molecular formula is C14H14F3N3O. The van der Waals surface area contributed by atoms with Crippen molar-refractivity contribution < 1.29 is 18.0 Å². The molecule has 1 amide bonds. The summed E-state index contributed by atoms with van der Waals surface area (Å²) in [5.41, 5.74) is 0.701. The smallest absolute Gasteiger partial charge is 0.363 e. The standard InChI is InChI=1S/C14H14F3N3O/c1-19(2)12-8-11(20(3)13(21)14(15,16)17)9-6-4-5-7-10(9)18-12/h4-8H,1-3H3. The first-order valence-electron chi connectivity index (χ1n) is 6.14. The first kappa shape index (κ1) is 15.1. The van der Waals surface area contributed by atoms with Crippen LogP contribution in [-0.4, -0.2) is 38.2 Å². The van der Waals surface area contributed by atoms with Crippen LogP contribution in [0.3, 0.4) is 0 Å². The summed E-state index contributed by atoms with van der Waals surface area (Å²) in [6, 6.07) is 8.22. The van der Waals surface area contributed by atoms with E-state index in [1.807, 2.05) is 0 Å². The van der Waals surface area contributed by atoms with Gasteiger partial charge in [0.05, 0.1) is 11.2 Å². The Labute approximate surface area is 119 Å². The van der Waals surface area contributed by atoms with Gasteiger partial charge >= 0.3 is 12.1 Å². The summed E-state index contributed by atoms with van der Waals surface area (Å²) in [6.45, 7) is 0. The van der Waals surface area contributed by atoms with E-state index in [9.17, 15) is 18.0 Å². The highest BCUT2D eigenvalue weighted by molar-refractivity contribution is 6.05. The van der Waals surface area contributed by atoms with E-state index in [4.69, 9.17) is 0 Å². The molecule has 0 saturated heterocycles. The number of carbonyl (C=O) groups is 1. The minimum atomic E-state index is -4.92. The summed E-state index contributed by atoms with van der Waals surface area (Å²) < 4.78 is 37.9. The first-order valence-corrected chi connectivity index (χ1v) is 6.14. The van der Waals surface area contributed by atoms with Crippen LogP contribution in [0.4, 0.5) is 24.7 Å². The summed E-state index contributed by atoms with van der Waals surface area (Å²) >= 11 is 0. The van der Waals surface area contributed by atoms with Gasteiger partial charge in [-0.05, 0) is 6.07 Å². The molecule has 1 aromatic heterocycles. The zero-order valence-electron chi connectivity index (χ0n) is 11.8. The van der Waals surface area contributed by atoms with Crippen molar-refractivity contribution in [1.29, 1.82) is 0 Å². The maximum absolute atomic E-state index is 12.6. The van der Waals surface area contributed by atoms with E-state index in [1.54, 1.807) is 43.3 Å². The highest BCUT2D eigenvalue weighted by Gasteiger charge is 2.42. The Bertz CT molecular complexity index is 683. The van der Waals surface area contributed by atoms with Crippen molar-refractivity contribution in [2.24, 2.45) is 0 Å². The van der Waals surface area contributed by atoms with Crippen LogP contribution < -0.4 is 9.80 Å². The SMILES string of the molecule is CN(C)c1cc(N(C)C(=O)C(F)(F)F)c2ccccc2n1. The van der Waals surface area contributed by atoms with Crippen LogP contribution in [0.1, 0.15) is 0 Å². The number of rotatable bonds is 2. The van der Waals surface area contributed by atoms with Crippen molar-refractivity contribution in [1.82, 2.24) is 4.98 Å². The molecular weight excluding hydrogens is 283 g/mol. The molecule has 0 spiro atoms. The molecule has 0 N–H and O–H groups in total. The normalized spacial score (nSPS) is 11.5. The summed E-state index contributed by atoms with van der Waals surface area (Å²) in [7, 11) is 4.57. The largest absolute Gasteiger partial charge is 0.471 e.